The van der Waals surface area contributed by atoms with Gasteiger partial charge in [-0.05, 0) is 17.7 Å². The van der Waals surface area contributed by atoms with Crippen LogP contribution in [-0.2, 0) is 17.9 Å². The fraction of sp³-hybridized carbons (Fsp3) is 0.250. The Morgan fingerprint density at radius 3 is 2.82 bits per heavy atom. The lowest BCUT2D eigenvalue weighted by Crippen LogP contribution is -2.07. The summed E-state index contributed by atoms with van der Waals surface area (Å²) in [6.45, 7) is 1.77. The zero-order valence-corrected chi connectivity index (χ0v) is 10.1. The van der Waals surface area contributed by atoms with E-state index in [9.17, 15) is 0 Å². The molecule has 2 rings (SSSR count). The number of hydrogen-bond acceptors (Lipinski definition) is 3. The van der Waals surface area contributed by atoms with Crippen LogP contribution in [0.3, 0.4) is 0 Å². The van der Waals surface area contributed by atoms with Gasteiger partial charge in [0, 0.05) is 11.2 Å². The Labute approximate surface area is 105 Å². The molecule has 0 radical (unpaired) electrons. The molecule has 0 aliphatic carbocycles. The Bertz CT molecular complexity index is 484. The van der Waals surface area contributed by atoms with Crippen LogP contribution in [-0.4, -0.2) is 16.4 Å². The number of aromatic nitrogens is 2. The smallest absolute Gasteiger partial charge is 0.145 e. The highest BCUT2D eigenvalue weighted by atomic mass is 35.5. The summed E-state index contributed by atoms with van der Waals surface area (Å²) in [7, 11) is 0. The molecule has 1 heterocycles. The van der Waals surface area contributed by atoms with Crippen molar-refractivity contribution in [3.05, 3.63) is 47.1 Å². The zero-order valence-electron chi connectivity index (χ0n) is 9.34. The summed E-state index contributed by atoms with van der Waals surface area (Å²) in [5.74, 6) is 0.524. The van der Waals surface area contributed by atoms with Crippen molar-refractivity contribution in [1.82, 2.24) is 9.78 Å². The molecule has 0 spiro atoms. The van der Waals surface area contributed by atoms with Crippen LogP contribution < -0.4 is 5.73 Å². The largest absolute Gasteiger partial charge is 0.382 e. The lowest BCUT2D eigenvalue weighted by atomic mass is 10.2. The Hall–Kier alpha value is -1.52. The van der Waals surface area contributed by atoms with Gasteiger partial charge in [0.25, 0.3) is 0 Å². The van der Waals surface area contributed by atoms with Crippen LogP contribution in [0.2, 0.25) is 5.02 Å². The minimum Gasteiger partial charge on any atom is -0.382 e. The maximum absolute atomic E-state index is 6.01. The topological polar surface area (TPSA) is 53.1 Å². The van der Waals surface area contributed by atoms with Gasteiger partial charge in [0.2, 0.25) is 0 Å². The van der Waals surface area contributed by atoms with Gasteiger partial charge in [-0.2, -0.15) is 5.10 Å². The second-order valence-electron chi connectivity index (χ2n) is 3.65. The maximum Gasteiger partial charge on any atom is 0.145 e. The molecule has 0 amide bonds. The average molecular weight is 252 g/mol. The Morgan fingerprint density at radius 2 is 2.12 bits per heavy atom. The molecule has 1 aromatic heterocycles. The minimum absolute atomic E-state index is 0.510. The number of benzene rings is 1. The molecule has 2 N–H and O–H groups in total. The Morgan fingerprint density at radius 1 is 1.29 bits per heavy atom. The summed E-state index contributed by atoms with van der Waals surface area (Å²) < 4.78 is 7.28. The molecular formula is C12H14ClN3O. The van der Waals surface area contributed by atoms with Gasteiger partial charge in [0.1, 0.15) is 5.82 Å². The molecule has 4 nitrogen and oxygen atoms in total. The van der Waals surface area contributed by atoms with Crippen molar-refractivity contribution >= 4 is 17.4 Å². The van der Waals surface area contributed by atoms with E-state index in [0.717, 1.165) is 10.6 Å². The number of halogens is 1. The van der Waals surface area contributed by atoms with Gasteiger partial charge in [-0.1, -0.05) is 29.8 Å². The molecular weight excluding hydrogens is 238 g/mol. The van der Waals surface area contributed by atoms with Crippen LogP contribution >= 0.6 is 11.6 Å². The van der Waals surface area contributed by atoms with E-state index in [0.29, 0.717) is 25.6 Å². The average Bonchev–Trinajstić information content (AvgIpc) is 2.73. The predicted octanol–water partition coefficient (Wildman–Crippen LogP) is 2.34. The van der Waals surface area contributed by atoms with Crippen molar-refractivity contribution in [3.63, 3.8) is 0 Å². The second-order valence-corrected chi connectivity index (χ2v) is 4.05. The molecule has 0 saturated carbocycles. The molecule has 90 valence electrons. The summed E-state index contributed by atoms with van der Waals surface area (Å²) >= 11 is 6.01. The summed E-state index contributed by atoms with van der Waals surface area (Å²) in [6, 6.07) is 9.41. The SMILES string of the molecule is Nc1ccn(CCOCc2ccccc2Cl)n1. The van der Waals surface area contributed by atoms with Gasteiger partial charge >= 0.3 is 0 Å². The Balaban J connectivity index is 1.75. The fourth-order valence-electron chi connectivity index (χ4n) is 1.46. The summed E-state index contributed by atoms with van der Waals surface area (Å²) in [5.41, 5.74) is 6.50. The molecule has 0 aliphatic rings. The molecule has 17 heavy (non-hydrogen) atoms. The fourth-order valence-corrected chi connectivity index (χ4v) is 1.65. The standard InChI is InChI=1S/C12H14ClN3O/c13-11-4-2-1-3-10(11)9-17-8-7-16-6-5-12(14)15-16/h1-6H,7-9H2,(H2,14,15). The van der Waals surface area contributed by atoms with E-state index in [-0.39, 0.29) is 0 Å². The van der Waals surface area contributed by atoms with E-state index >= 15 is 0 Å². The third kappa shape index (κ3) is 3.47. The molecule has 0 unspecified atom stereocenters. The number of nitrogens with zero attached hydrogens (tertiary/aromatic N) is 2. The Kier molecular flexibility index (Phi) is 4.01. The highest BCUT2D eigenvalue weighted by Gasteiger charge is 1.99. The maximum atomic E-state index is 6.01. The number of nitrogen functional groups attached to an aromatic ring is 1. The van der Waals surface area contributed by atoms with E-state index in [4.69, 9.17) is 22.1 Å². The quantitative estimate of drug-likeness (QED) is 0.830. The molecule has 0 saturated heterocycles. The highest BCUT2D eigenvalue weighted by Crippen LogP contribution is 2.15. The lowest BCUT2D eigenvalue weighted by Gasteiger charge is -2.06. The van der Waals surface area contributed by atoms with Crippen LogP contribution in [0.5, 0.6) is 0 Å². The molecule has 2 aromatic rings. The van der Waals surface area contributed by atoms with E-state index in [2.05, 4.69) is 5.10 Å². The van der Waals surface area contributed by atoms with Gasteiger partial charge < -0.3 is 10.5 Å². The predicted molar refractivity (Wildman–Crippen MR) is 67.7 cm³/mol. The number of ether oxygens (including phenoxy) is 1. The van der Waals surface area contributed by atoms with E-state index < -0.39 is 0 Å². The van der Waals surface area contributed by atoms with Crippen LogP contribution in [0.25, 0.3) is 0 Å². The first-order valence-electron chi connectivity index (χ1n) is 5.36. The van der Waals surface area contributed by atoms with Crippen molar-refractivity contribution in [2.45, 2.75) is 13.2 Å². The van der Waals surface area contributed by atoms with Crippen LogP contribution in [0.15, 0.2) is 36.5 Å². The molecule has 1 aromatic carbocycles. The second kappa shape index (κ2) is 5.70. The monoisotopic (exact) mass is 251 g/mol. The third-order valence-electron chi connectivity index (χ3n) is 2.34. The van der Waals surface area contributed by atoms with Crippen LogP contribution in [0.4, 0.5) is 5.82 Å². The van der Waals surface area contributed by atoms with Crippen molar-refractivity contribution in [3.8, 4) is 0 Å². The van der Waals surface area contributed by atoms with Crippen molar-refractivity contribution in [2.75, 3.05) is 12.3 Å². The lowest BCUT2D eigenvalue weighted by molar-refractivity contribution is 0.111. The van der Waals surface area contributed by atoms with Crippen LogP contribution in [0.1, 0.15) is 5.56 Å². The molecule has 0 bridgehead atoms. The summed E-state index contributed by atoms with van der Waals surface area (Å²) in [5, 5.41) is 4.79. The van der Waals surface area contributed by atoms with Crippen molar-refractivity contribution < 1.29 is 4.74 Å². The first-order chi connectivity index (χ1) is 8.25. The van der Waals surface area contributed by atoms with Crippen molar-refractivity contribution in [1.29, 1.82) is 0 Å². The van der Waals surface area contributed by atoms with E-state index in [1.807, 2.05) is 30.5 Å². The highest BCUT2D eigenvalue weighted by molar-refractivity contribution is 6.31. The molecule has 0 atom stereocenters. The van der Waals surface area contributed by atoms with Gasteiger partial charge in [-0.25, -0.2) is 0 Å². The summed E-state index contributed by atoms with van der Waals surface area (Å²) in [4.78, 5) is 0. The summed E-state index contributed by atoms with van der Waals surface area (Å²) in [6.07, 6.45) is 1.83. The molecule has 0 fully saturated rings. The first kappa shape index (κ1) is 12.0. The van der Waals surface area contributed by atoms with Crippen molar-refractivity contribution in [2.24, 2.45) is 0 Å². The normalized spacial score (nSPS) is 10.6. The van der Waals surface area contributed by atoms with E-state index in [1.165, 1.54) is 0 Å². The molecule has 0 aliphatic heterocycles. The number of rotatable bonds is 5. The van der Waals surface area contributed by atoms with E-state index in [1.54, 1.807) is 10.7 Å². The van der Waals surface area contributed by atoms with Gasteiger partial charge in [0.15, 0.2) is 0 Å². The van der Waals surface area contributed by atoms with Crippen LogP contribution in [0, 0.1) is 0 Å². The number of hydrogen-bond donors (Lipinski definition) is 1. The van der Waals surface area contributed by atoms with Gasteiger partial charge in [-0.15, -0.1) is 0 Å². The zero-order chi connectivity index (χ0) is 12.1. The van der Waals surface area contributed by atoms with Gasteiger partial charge in [0.05, 0.1) is 19.8 Å². The third-order valence-corrected chi connectivity index (χ3v) is 2.71. The number of nitrogens with two attached hydrogens (primary N) is 1. The minimum atomic E-state index is 0.510. The first-order valence-corrected chi connectivity index (χ1v) is 5.73. The molecule has 5 heteroatoms. The number of anilines is 1. The van der Waals surface area contributed by atoms with Gasteiger partial charge in [-0.3, -0.25) is 4.68 Å².